The number of hydrogen-bond donors (Lipinski definition) is 0. The molecule has 2 rings (SSSR count). The largest absolute Gasteiger partial charge is 0.460 e. The summed E-state index contributed by atoms with van der Waals surface area (Å²) in [7, 11) is 1.97. The van der Waals surface area contributed by atoms with Gasteiger partial charge in [0.1, 0.15) is 6.10 Å². The van der Waals surface area contributed by atoms with E-state index in [4.69, 9.17) is 9.15 Å². The highest BCUT2D eigenvalue weighted by Crippen LogP contribution is 2.21. The summed E-state index contributed by atoms with van der Waals surface area (Å²) in [5, 5.41) is 0. The molecule has 5 heteroatoms. The van der Waals surface area contributed by atoms with Gasteiger partial charge in [0, 0.05) is 13.1 Å². The van der Waals surface area contributed by atoms with Crippen LogP contribution in [0.2, 0.25) is 0 Å². The summed E-state index contributed by atoms with van der Waals surface area (Å²) in [5.74, 6) is 0.244. The van der Waals surface area contributed by atoms with E-state index in [1.807, 2.05) is 7.05 Å². The van der Waals surface area contributed by atoms with Crippen LogP contribution in [0.1, 0.15) is 10.6 Å². The molecule has 1 aliphatic rings. The lowest BCUT2D eigenvalue weighted by atomic mass is 10.1. The van der Waals surface area contributed by atoms with Crippen LogP contribution in [0.3, 0.4) is 0 Å². The molecule has 1 fully saturated rings. The van der Waals surface area contributed by atoms with Gasteiger partial charge in [0.05, 0.1) is 17.3 Å². The summed E-state index contributed by atoms with van der Waals surface area (Å²) in [6.07, 6.45) is 1.08. The third-order valence-corrected chi connectivity index (χ3v) is 3.03. The Hall–Kier alpha value is -0.650. The number of halogens is 1. The van der Waals surface area contributed by atoms with E-state index >= 15 is 0 Å². The summed E-state index contributed by atoms with van der Waals surface area (Å²) in [6, 6.07) is 1.71. The number of ether oxygens (including phenoxy) is 1. The molecule has 2 heterocycles. The van der Waals surface area contributed by atoms with Gasteiger partial charge < -0.3 is 14.1 Å². The highest BCUT2D eigenvalue weighted by molar-refractivity contribution is 9.10. The molecule has 1 aliphatic heterocycles. The molecule has 0 saturated carbocycles. The number of ketones is 1. The van der Waals surface area contributed by atoms with Crippen molar-refractivity contribution in [3.8, 4) is 0 Å². The second-order valence-corrected chi connectivity index (χ2v) is 4.44. The summed E-state index contributed by atoms with van der Waals surface area (Å²) in [4.78, 5) is 14.0. The van der Waals surface area contributed by atoms with Crippen molar-refractivity contribution in [1.82, 2.24) is 4.90 Å². The van der Waals surface area contributed by atoms with E-state index in [9.17, 15) is 4.79 Å². The topological polar surface area (TPSA) is 42.7 Å². The molecule has 0 amide bonds. The van der Waals surface area contributed by atoms with Crippen LogP contribution in [0, 0.1) is 0 Å². The molecular formula is C10H12BrNO3. The highest BCUT2D eigenvalue weighted by atomic mass is 79.9. The molecule has 1 aromatic rings. The first kappa shape index (κ1) is 10.9. The Balaban J connectivity index is 2.11. The second kappa shape index (κ2) is 4.47. The quantitative estimate of drug-likeness (QED) is 0.767. The van der Waals surface area contributed by atoms with E-state index in [2.05, 4.69) is 20.8 Å². The first-order valence-electron chi connectivity index (χ1n) is 4.76. The van der Waals surface area contributed by atoms with Crippen molar-refractivity contribution in [2.45, 2.75) is 6.10 Å². The maximum atomic E-state index is 12.0. The second-order valence-electron chi connectivity index (χ2n) is 3.58. The lowest BCUT2D eigenvalue weighted by Crippen LogP contribution is -2.44. The Morgan fingerprint density at radius 2 is 2.47 bits per heavy atom. The summed E-state index contributed by atoms with van der Waals surface area (Å²) < 4.78 is 11.2. The van der Waals surface area contributed by atoms with Crippen molar-refractivity contribution in [2.24, 2.45) is 0 Å². The molecule has 0 bridgehead atoms. The van der Waals surface area contributed by atoms with E-state index in [1.54, 1.807) is 6.07 Å². The minimum atomic E-state index is -0.411. The molecule has 0 spiro atoms. The van der Waals surface area contributed by atoms with Crippen LogP contribution in [0.15, 0.2) is 21.2 Å². The SMILES string of the molecule is CN1CCOC(C(=O)c2occc2Br)C1. The van der Waals surface area contributed by atoms with Crippen LogP contribution in [0.25, 0.3) is 0 Å². The van der Waals surface area contributed by atoms with Crippen LogP contribution in [-0.2, 0) is 4.74 Å². The van der Waals surface area contributed by atoms with Gasteiger partial charge in [-0.25, -0.2) is 0 Å². The van der Waals surface area contributed by atoms with Crippen LogP contribution < -0.4 is 0 Å². The van der Waals surface area contributed by atoms with Crippen molar-refractivity contribution in [3.05, 3.63) is 22.6 Å². The Bertz CT molecular complexity index is 363. The molecule has 15 heavy (non-hydrogen) atoms. The first-order valence-corrected chi connectivity index (χ1v) is 5.55. The summed E-state index contributed by atoms with van der Waals surface area (Å²) >= 11 is 3.26. The Labute approximate surface area is 96.3 Å². The number of rotatable bonds is 2. The maximum absolute atomic E-state index is 12.0. The van der Waals surface area contributed by atoms with E-state index in [-0.39, 0.29) is 5.78 Å². The molecule has 1 atom stereocenters. The Morgan fingerprint density at radius 3 is 3.07 bits per heavy atom. The van der Waals surface area contributed by atoms with Crippen molar-refractivity contribution in [2.75, 3.05) is 26.7 Å². The third-order valence-electron chi connectivity index (χ3n) is 2.40. The Morgan fingerprint density at radius 1 is 1.67 bits per heavy atom. The zero-order valence-electron chi connectivity index (χ0n) is 8.40. The average molecular weight is 274 g/mol. The average Bonchev–Trinajstić information content (AvgIpc) is 2.63. The summed E-state index contributed by atoms with van der Waals surface area (Å²) in [6.45, 7) is 2.07. The zero-order valence-corrected chi connectivity index (χ0v) is 9.99. The van der Waals surface area contributed by atoms with Crippen molar-refractivity contribution < 1.29 is 13.9 Å². The lowest BCUT2D eigenvalue weighted by molar-refractivity contribution is -0.0100. The molecule has 0 aromatic carbocycles. The molecule has 0 aliphatic carbocycles. The molecular weight excluding hydrogens is 262 g/mol. The fourth-order valence-electron chi connectivity index (χ4n) is 1.55. The molecule has 82 valence electrons. The number of hydrogen-bond acceptors (Lipinski definition) is 4. The number of Topliss-reactive ketones (excluding diaryl/α,β-unsaturated/α-hetero) is 1. The standard InChI is InChI=1S/C10H12BrNO3/c1-12-3-5-14-8(6-12)9(13)10-7(11)2-4-15-10/h2,4,8H,3,5-6H2,1H3. The van der Waals surface area contributed by atoms with Gasteiger partial charge in [0.25, 0.3) is 0 Å². The monoisotopic (exact) mass is 273 g/mol. The van der Waals surface area contributed by atoms with Gasteiger partial charge in [-0.15, -0.1) is 0 Å². The van der Waals surface area contributed by atoms with E-state index in [1.165, 1.54) is 6.26 Å². The first-order chi connectivity index (χ1) is 7.18. The van der Waals surface area contributed by atoms with E-state index < -0.39 is 6.10 Å². The third kappa shape index (κ3) is 2.30. The minimum absolute atomic E-state index is 0.0987. The van der Waals surface area contributed by atoms with Gasteiger partial charge in [-0.05, 0) is 29.0 Å². The number of furan rings is 1. The van der Waals surface area contributed by atoms with Gasteiger partial charge >= 0.3 is 0 Å². The number of carbonyl (C=O) groups is 1. The molecule has 1 saturated heterocycles. The Kier molecular flexibility index (Phi) is 3.23. The van der Waals surface area contributed by atoms with E-state index in [0.717, 1.165) is 6.54 Å². The normalized spacial score (nSPS) is 22.9. The van der Waals surface area contributed by atoms with Gasteiger partial charge in [-0.2, -0.15) is 0 Å². The van der Waals surface area contributed by atoms with Crippen LogP contribution >= 0.6 is 15.9 Å². The molecule has 0 N–H and O–H groups in total. The number of carbonyl (C=O) groups excluding carboxylic acids is 1. The van der Waals surface area contributed by atoms with Gasteiger partial charge in [-0.3, -0.25) is 4.79 Å². The van der Waals surface area contributed by atoms with Crippen molar-refractivity contribution >= 4 is 21.7 Å². The minimum Gasteiger partial charge on any atom is -0.460 e. The van der Waals surface area contributed by atoms with Crippen LogP contribution in [0.4, 0.5) is 0 Å². The number of likely N-dealkylation sites (N-methyl/N-ethyl adjacent to an activating group) is 1. The van der Waals surface area contributed by atoms with Crippen molar-refractivity contribution in [3.63, 3.8) is 0 Å². The number of morpholine rings is 1. The van der Waals surface area contributed by atoms with Crippen LogP contribution in [-0.4, -0.2) is 43.5 Å². The lowest BCUT2D eigenvalue weighted by Gasteiger charge is -2.28. The molecule has 4 nitrogen and oxygen atoms in total. The molecule has 0 radical (unpaired) electrons. The number of nitrogens with zero attached hydrogens (tertiary/aromatic N) is 1. The fourth-order valence-corrected chi connectivity index (χ4v) is 1.95. The van der Waals surface area contributed by atoms with Gasteiger partial charge in [0.2, 0.25) is 5.78 Å². The predicted molar refractivity (Wildman–Crippen MR) is 58.0 cm³/mol. The van der Waals surface area contributed by atoms with E-state index in [0.29, 0.717) is 23.4 Å². The fraction of sp³-hybridized carbons (Fsp3) is 0.500. The van der Waals surface area contributed by atoms with Gasteiger partial charge in [0.15, 0.2) is 5.76 Å². The predicted octanol–water partition coefficient (Wildman–Crippen LogP) is 1.56. The highest BCUT2D eigenvalue weighted by Gasteiger charge is 2.28. The van der Waals surface area contributed by atoms with Crippen molar-refractivity contribution in [1.29, 1.82) is 0 Å². The maximum Gasteiger partial charge on any atom is 0.229 e. The van der Waals surface area contributed by atoms with Crippen LogP contribution in [0.5, 0.6) is 0 Å². The molecule has 1 unspecified atom stereocenters. The summed E-state index contributed by atoms with van der Waals surface area (Å²) in [5.41, 5.74) is 0. The smallest absolute Gasteiger partial charge is 0.229 e. The molecule has 1 aromatic heterocycles. The zero-order chi connectivity index (χ0) is 10.8. The van der Waals surface area contributed by atoms with Gasteiger partial charge in [-0.1, -0.05) is 0 Å².